The number of hydrogen-bond acceptors (Lipinski definition) is 5. The maximum atomic E-state index is 12.9. The second-order valence-corrected chi connectivity index (χ2v) is 8.89. The lowest BCUT2D eigenvalue weighted by Gasteiger charge is -2.28. The summed E-state index contributed by atoms with van der Waals surface area (Å²) in [4.78, 5) is 38.7. The molecule has 0 bridgehead atoms. The van der Waals surface area contributed by atoms with Gasteiger partial charge in [0.2, 0.25) is 5.91 Å². The highest BCUT2D eigenvalue weighted by atomic mass is 79.9. The number of hydrogen-bond donors (Lipinski definition) is 1. The van der Waals surface area contributed by atoms with E-state index in [9.17, 15) is 14.4 Å². The minimum atomic E-state index is -0.666. The number of methoxy groups -OCH3 is 1. The van der Waals surface area contributed by atoms with E-state index < -0.39 is 23.7 Å². The van der Waals surface area contributed by atoms with Crippen molar-refractivity contribution in [1.82, 2.24) is 4.90 Å². The molecule has 1 fully saturated rings. The van der Waals surface area contributed by atoms with Gasteiger partial charge in [0.25, 0.3) is 0 Å². The van der Waals surface area contributed by atoms with Gasteiger partial charge in [0, 0.05) is 15.5 Å². The number of esters is 1. The van der Waals surface area contributed by atoms with Crippen LogP contribution in [0.1, 0.15) is 44.0 Å². The molecular formula is C18H22Br2N2O5. The smallest absolute Gasteiger partial charge is 0.410 e. The van der Waals surface area contributed by atoms with Crippen LogP contribution in [0.2, 0.25) is 0 Å². The van der Waals surface area contributed by atoms with Gasteiger partial charge >= 0.3 is 12.1 Å². The molecule has 1 aromatic carbocycles. The highest BCUT2D eigenvalue weighted by Gasteiger charge is 2.37. The Labute approximate surface area is 175 Å². The Hall–Kier alpha value is -1.61. The van der Waals surface area contributed by atoms with Crippen LogP contribution in [-0.4, -0.2) is 48.2 Å². The fourth-order valence-corrected chi connectivity index (χ4v) is 4.08. The molecular weight excluding hydrogens is 484 g/mol. The maximum absolute atomic E-state index is 12.9. The van der Waals surface area contributed by atoms with Crippen LogP contribution in [0.3, 0.4) is 0 Å². The summed E-state index contributed by atoms with van der Waals surface area (Å²) in [6.07, 6.45) is 0.693. The molecule has 0 aromatic heterocycles. The van der Waals surface area contributed by atoms with Crippen molar-refractivity contribution in [2.75, 3.05) is 19.0 Å². The molecule has 1 heterocycles. The van der Waals surface area contributed by atoms with Gasteiger partial charge in [-0.05, 0) is 61.7 Å². The lowest BCUT2D eigenvalue weighted by atomic mass is 10.1. The Balaban J connectivity index is 2.24. The molecule has 27 heavy (non-hydrogen) atoms. The molecule has 1 aliphatic heterocycles. The minimum absolute atomic E-state index is 0.203. The third-order valence-electron chi connectivity index (χ3n) is 3.89. The third-order valence-corrected chi connectivity index (χ3v) is 4.98. The van der Waals surface area contributed by atoms with Crippen molar-refractivity contribution in [3.63, 3.8) is 0 Å². The lowest BCUT2D eigenvalue weighted by molar-refractivity contribution is -0.120. The zero-order valence-electron chi connectivity index (χ0n) is 15.6. The van der Waals surface area contributed by atoms with Crippen molar-refractivity contribution < 1.29 is 23.9 Å². The largest absolute Gasteiger partial charge is 0.465 e. The van der Waals surface area contributed by atoms with Crippen LogP contribution in [-0.2, 0) is 14.3 Å². The van der Waals surface area contributed by atoms with Crippen molar-refractivity contribution in [2.24, 2.45) is 0 Å². The van der Waals surface area contributed by atoms with Crippen LogP contribution in [0.5, 0.6) is 0 Å². The zero-order chi connectivity index (χ0) is 20.4. The fraction of sp³-hybridized carbons (Fsp3) is 0.500. The molecule has 1 unspecified atom stereocenters. The van der Waals surface area contributed by atoms with E-state index in [0.29, 0.717) is 34.0 Å². The third kappa shape index (κ3) is 5.44. The Morgan fingerprint density at radius 1 is 1.22 bits per heavy atom. The summed E-state index contributed by atoms with van der Waals surface area (Å²) in [5, 5.41) is 2.75. The van der Waals surface area contributed by atoms with E-state index in [2.05, 4.69) is 37.2 Å². The topological polar surface area (TPSA) is 84.9 Å². The molecule has 9 heteroatoms. The number of nitrogens with zero attached hydrogens (tertiary/aromatic N) is 1. The Kier molecular flexibility index (Phi) is 6.91. The predicted octanol–water partition coefficient (Wildman–Crippen LogP) is 4.34. The first-order chi connectivity index (χ1) is 12.5. The van der Waals surface area contributed by atoms with Crippen LogP contribution in [0.4, 0.5) is 10.5 Å². The van der Waals surface area contributed by atoms with Crippen molar-refractivity contribution >= 4 is 55.5 Å². The average molecular weight is 506 g/mol. The highest BCUT2D eigenvalue weighted by molar-refractivity contribution is 9.11. The van der Waals surface area contributed by atoms with Gasteiger partial charge in [-0.3, -0.25) is 9.69 Å². The summed E-state index contributed by atoms with van der Waals surface area (Å²) in [6, 6.07) is 2.61. The molecule has 1 atom stereocenters. The van der Waals surface area contributed by atoms with Crippen LogP contribution < -0.4 is 5.32 Å². The second-order valence-electron chi connectivity index (χ2n) is 7.12. The normalized spacial score (nSPS) is 16.8. The van der Waals surface area contributed by atoms with E-state index in [1.54, 1.807) is 32.9 Å². The number of halogens is 2. The molecule has 0 saturated carbocycles. The van der Waals surface area contributed by atoms with Crippen LogP contribution in [0.25, 0.3) is 0 Å². The van der Waals surface area contributed by atoms with Gasteiger partial charge in [-0.15, -0.1) is 0 Å². The number of amides is 2. The monoisotopic (exact) mass is 504 g/mol. The molecule has 1 N–H and O–H groups in total. The van der Waals surface area contributed by atoms with Gasteiger partial charge in [-0.25, -0.2) is 9.59 Å². The van der Waals surface area contributed by atoms with Gasteiger partial charge < -0.3 is 14.8 Å². The first-order valence-electron chi connectivity index (χ1n) is 8.41. The molecule has 7 nitrogen and oxygen atoms in total. The number of ether oxygens (including phenoxy) is 2. The van der Waals surface area contributed by atoms with Gasteiger partial charge in [-0.1, -0.05) is 15.9 Å². The Morgan fingerprint density at radius 2 is 1.89 bits per heavy atom. The van der Waals surface area contributed by atoms with Crippen molar-refractivity contribution in [2.45, 2.75) is 45.3 Å². The van der Waals surface area contributed by atoms with E-state index in [0.717, 1.165) is 0 Å². The summed E-state index contributed by atoms with van der Waals surface area (Å²) < 4.78 is 11.4. The molecule has 2 amide bonds. The molecule has 0 radical (unpaired) electrons. The molecule has 0 spiro atoms. The number of rotatable bonds is 3. The van der Waals surface area contributed by atoms with E-state index in [4.69, 9.17) is 9.47 Å². The molecule has 2 rings (SSSR count). The summed E-state index contributed by atoms with van der Waals surface area (Å²) >= 11 is 6.67. The lowest BCUT2D eigenvalue weighted by Crippen LogP contribution is -2.45. The van der Waals surface area contributed by atoms with Crippen molar-refractivity contribution in [3.8, 4) is 0 Å². The molecule has 148 valence electrons. The summed E-state index contributed by atoms with van der Waals surface area (Å²) in [7, 11) is 1.27. The molecule has 1 aromatic rings. The van der Waals surface area contributed by atoms with E-state index in [-0.39, 0.29) is 11.5 Å². The highest BCUT2D eigenvalue weighted by Crippen LogP contribution is 2.32. The fourth-order valence-electron chi connectivity index (χ4n) is 2.76. The first kappa shape index (κ1) is 21.7. The molecule has 0 aliphatic carbocycles. The van der Waals surface area contributed by atoms with Gasteiger partial charge in [0.05, 0.1) is 18.4 Å². The maximum Gasteiger partial charge on any atom is 0.410 e. The number of likely N-dealkylation sites (tertiary alicyclic amines) is 1. The van der Waals surface area contributed by atoms with E-state index in [1.807, 2.05) is 0 Å². The second kappa shape index (κ2) is 8.60. The predicted molar refractivity (Wildman–Crippen MR) is 108 cm³/mol. The van der Waals surface area contributed by atoms with Crippen molar-refractivity contribution in [3.05, 3.63) is 26.6 Å². The first-order valence-corrected chi connectivity index (χ1v) is 10.00. The number of anilines is 1. The van der Waals surface area contributed by atoms with Gasteiger partial charge in [0.1, 0.15) is 11.6 Å². The number of carbonyl (C=O) groups excluding carboxylic acids is 3. The standard InChI is InChI=1S/C18H22Br2N2O5/c1-18(2,3)27-17(25)22-7-5-6-13(22)15(23)21-14-11(16(24)26-4)8-10(19)9-12(14)20/h8-9,13H,5-7H2,1-4H3,(H,21,23). The number of benzene rings is 1. The van der Waals surface area contributed by atoms with Gasteiger partial charge in [0.15, 0.2) is 0 Å². The minimum Gasteiger partial charge on any atom is -0.465 e. The van der Waals surface area contributed by atoms with Crippen LogP contribution >= 0.6 is 31.9 Å². The summed E-state index contributed by atoms with van der Waals surface area (Å²) in [5.74, 6) is -0.964. The van der Waals surface area contributed by atoms with E-state index >= 15 is 0 Å². The number of nitrogens with one attached hydrogen (secondary N) is 1. The van der Waals surface area contributed by atoms with Crippen LogP contribution in [0, 0.1) is 0 Å². The summed E-state index contributed by atoms with van der Waals surface area (Å²) in [5.41, 5.74) is -0.145. The Morgan fingerprint density at radius 3 is 2.48 bits per heavy atom. The average Bonchev–Trinajstić information content (AvgIpc) is 3.04. The van der Waals surface area contributed by atoms with Gasteiger partial charge in [-0.2, -0.15) is 0 Å². The Bertz CT molecular complexity index is 761. The molecule has 1 saturated heterocycles. The zero-order valence-corrected chi connectivity index (χ0v) is 18.8. The molecule has 1 aliphatic rings. The summed E-state index contributed by atoms with van der Waals surface area (Å²) in [6.45, 7) is 5.77. The van der Waals surface area contributed by atoms with E-state index in [1.165, 1.54) is 12.0 Å². The number of carbonyl (C=O) groups is 3. The SMILES string of the molecule is COC(=O)c1cc(Br)cc(Br)c1NC(=O)C1CCCN1C(=O)OC(C)(C)C. The van der Waals surface area contributed by atoms with Crippen molar-refractivity contribution in [1.29, 1.82) is 0 Å². The quantitative estimate of drug-likeness (QED) is 0.618. The van der Waals surface area contributed by atoms with Crippen LogP contribution in [0.15, 0.2) is 21.1 Å².